The number of carbonyl (C=O) groups excluding carboxylic acids is 1. The standard InChI is InChI=1S/C14H12Cl2N2O/c1-2-9-4-3-5-10(6-9)18-14(19)11-7-13(16)17-8-12(11)15/h3-8H,2H2,1H3,(H,18,19). The summed E-state index contributed by atoms with van der Waals surface area (Å²) in [5.74, 6) is -0.303. The van der Waals surface area contributed by atoms with E-state index in [4.69, 9.17) is 23.2 Å². The molecule has 0 fully saturated rings. The molecule has 19 heavy (non-hydrogen) atoms. The van der Waals surface area contributed by atoms with Crippen molar-refractivity contribution in [2.45, 2.75) is 13.3 Å². The highest BCUT2D eigenvalue weighted by molar-refractivity contribution is 6.35. The van der Waals surface area contributed by atoms with E-state index < -0.39 is 0 Å². The number of benzene rings is 1. The van der Waals surface area contributed by atoms with Crippen LogP contribution in [-0.2, 0) is 6.42 Å². The van der Waals surface area contributed by atoms with Crippen molar-refractivity contribution in [1.82, 2.24) is 4.98 Å². The molecule has 1 aromatic carbocycles. The number of halogens is 2. The molecule has 1 N–H and O–H groups in total. The fraction of sp³-hybridized carbons (Fsp3) is 0.143. The van der Waals surface area contributed by atoms with Crippen LogP contribution in [0.1, 0.15) is 22.8 Å². The summed E-state index contributed by atoms with van der Waals surface area (Å²) in [5, 5.41) is 3.30. The summed E-state index contributed by atoms with van der Waals surface area (Å²) < 4.78 is 0. The van der Waals surface area contributed by atoms with Crippen LogP contribution in [-0.4, -0.2) is 10.9 Å². The van der Waals surface area contributed by atoms with Gasteiger partial charge in [0.25, 0.3) is 5.91 Å². The van der Waals surface area contributed by atoms with Gasteiger partial charge in [-0.1, -0.05) is 42.3 Å². The Bertz CT molecular complexity index is 614. The zero-order chi connectivity index (χ0) is 13.8. The van der Waals surface area contributed by atoms with Crippen LogP contribution >= 0.6 is 23.2 Å². The molecule has 0 spiro atoms. The molecule has 2 aromatic rings. The normalized spacial score (nSPS) is 10.3. The fourth-order valence-electron chi connectivity index (χ4n) is 1.65. The van der Waals surface area contributed by atoms with E-state index in [-0.39, 0.29) is 16.1 Å². The minimum atomic E-state index is -0.303. The number of anilines is 1. The number of rotatable bonds is 3. The number of nitrogens with one attached hydrogen (secondary N) is 1. The Morgan fingerprint density at radius 2 is 2.11 bits per heavy atom. The zero-order valence-corrected chi connectivity index (χ0v) is 11.8. The Kier molecular flexibility index (Phi) is 4.40. The summed E-state index contributed by atoms with van der Waals surface area (Å²) in [6.45, 7) is 2.06. The molecule has 98 valence electrons. The average molecular weight is 295 g/mol. The molecule has 3 nitrogen and oxygen atoms in total. The molecule has 0 saturated heterocycles. The zero-order valence-electron chi connectivity index (χ0n) is 10.3. The van der Waals surface area contributed by atoms with E-state index >= 15 is 0 Å². The first-order valence-electron chi connectivity index (χ1n) is 5.81. The molecular weight excluding hydrogens is 283 g/mol. The molecule has 0 radical (unpaired) electrons. The van der Waals surface area contributed by atoms with Crippen molar-refractivity contribution >= 4 is 34.8 Å². The van der Waals surface area contributed by atoms with Crippen LogP contribution in [0.3, 0.4) is 0 Å². The summed E-state index contributed by atoms with van der Waals surface area (Å²) in [7, 11) is 0. The van der Waals surface area contributed by atoms with Gasteiger partial charge in [0.2, 0.25) is 0 Å². The molecule has 0 aliphatic rings. The van der Waals surface area contributed by atoms with Gasteiger partial charge in [-0.05, 0) is 30.2 Å². The van der Waals surface area contributed by atoms with Crippen molar-refractivity contribution in [3.05, 3.63) is 57.8 Å². The second kappa shape index (κ2) is 6.04. The van der Waals surface area contributed by atoms with Crippen molar-refractivity contribution in [3.8, 4) is 0 Å². The van der Waals surface area contributed by atoms with Crippen molar-refractivity contribution in [2.75, 3.05) is 5.32 Å². The summed E-state index contributed by atoms with van der Waals surface area (Å²) >= 11 is 11.7. The van der Waals surface area contributed by atoms with Crippen molar-refractivity contribution in [3.63, 3.8) is 0 Å². The van der Waals surface area contributed by atoms with E-state index in [9.17, 15) is 4.79 Å². The Morgan fingerprint density at radius 1 is 1.32 bits per heavy atom. The van der Waals surface area contributed by atoms with Crippen LogP contribution in [0.4, 0.5) is 5.69 Å². The van der Waals surface area contributed by atoms with Gasteiger partial charge in [0, 0.05) is 11.9 Å². The Morgan fingerprint density at radius 3 is 2.84 bits per heavy atom. The third-order valence-corrected chi connectivity index (χ3v) is 3.17. The molecule has 0 atom stereocenters. The number of aromatic nitrogens is 1. The molecule has 1 heterocycles. The third-order valence-electron chi connectivity index (χ3n) is 2.66. The number of amides is 1. The van der Waals surface area contributed by atoms with E-state index in [1.807, 2.05) is 24.3 Å². The molecule has 0 bridgehead atoms. The first-order chi connectivity index (χ1) is 9.10. The van der Waals surface area contributed by atoms with E-state index in [2.05, 4.69) is 17.2 Å². The number of carbonyl (C=O) groups is 1. The molecule has 1 amide bonds. The Labute approximate surface area is 121 Å². The SMILES string of the molecule is CCc1cccc(NC(=O)c2cc(Cl)ncc2Cl)c1. The molecule has 2 rings (SSSR count). The maximum atomic E-state index is 12.1. The predicted molar refractivity (Wildman–Crippen MR) is 78.0 cm³/mol. The summed E-state index contributed by atoms with van der Waals surface area (Å²) in [4.78, 5) is 15.9. The lowest BCUT2D eigenvalue weighted by molar-refractivity contribution is 0.102. The molecule has 0 aliphatic heterocycles. The molecule has 5 heteroatoms. The van der Waals surface area contributed by atoms with Crippen molar-refractivity contribution in [2.24, 2.45) is 0 Å². The first kappa shape index (κ1) is 13.8. The van der Waals surface area contributed by atoms with Crippen LogP contribution in [0.15, 0.2) is 36.5 Å². The van der Waals surface area contributed by atoms with Crippen LogP contribution in [0.2, 0.25) is 10.2 Å². The molecule has 0 aliphatic carbocycles. The van der Waals surface area contributed by atoms with Gasteiger partial charge in [-0.3, -0.25) is 4.79 Å². The highest BCUT2D eigenvalue weighted by Gasteiger charge is 2.12. The lowest BCUT2D eigenvalue weighted by Crippen LogP contribution is -2.12. The van der Waals surface area contributed by atoms with Crippen LogP contribution in [0.5, 0.6) is 0 Å². The van der Waals surface area contributed by atoms with E-state index in [0.717, 1.165) is 17.7 Å². The number of hydrogen-bond donors (Lipinski definition) is 1. The number of nitrogens with zero attached hydrogens (tertiary/aromatic N) is 1. The molecule has 0 unspecified atom stereocenters. The van der Waals surface area contributed by atoms with Gasteiger partial charge in [0.1, 0.15) is 5.15 Å². The van der Waals surface area contributed by atoms with Gasteiger partial charge in [0.15, 0.2) is 0 Å². The summed E-state index contributed by atoms with van der Waals surface area (Å²) in [6.07, 6.45) is 2.27. The largest absolute Gasteiger partial charge is 0.322 e. The first-order valence-corrected chi connectivity index (χ1v) is 6.57. The number of pyridine rings is 1. The maximum Gasteiger partial charge on any atom is 0.257 e. The second-order valence-electron chi connectivity index (χ2n) is 3.99. The van der Waals surface area contributed by atoms with Crippen LogP contribution in [0.25, 0.3) is 0 Å². The smallest absolute Gasteiger partial charge is 0.257 e. The summed E-state index contributed by atoms with van der Waals surface area (Å²) in [6, 6.07) is 9.10. The fourth-order valence-corrected chi connectivity index (χ4v) is 2.00. The highest BCUT2D eigenvalue weighted by atomic mass is 35.5. The third kappa shape index (κ3) is 3.46. The average Bonchev–Trinajstić information content (AvgIpc) is 2.41. The predicted octanol–water partition coefficient (Wildman–Crippen LogP) is 4.20. The van der Waals surface area contributed by atoms with Crippen molar-refractivity contribution < 1.29 is 4.79 Å². The van der Waals surface area contributed by atoms with Crippen LogP contribution < -0.4 is 5.32 Å². The Hall–Kier alpha value is -1.58. The molecule has 1 aromatic heterocycles. The minimum absolute atomic E-state index is 0.233. The topological polar surface area (TPSA) is 42.0 Å². The maximum absolute atomic E-state index is 12.1. The van der Waals surface area contributed by atoms with Crippen molar-refractivity contribution in [1.29, 1.82) is 0 Å². The van der Waals surface area contributed by atoms with E-state index in [0.29, 0.717) is 5.56 Å². The second-order valence-corrected chi connectivity index (χ2v) is 4.79. The number of aryl methyl sites for hydroxylation is 1. The van der Waals surface area contributed by atoms with Crippen LogP contribution in [0, 0.1) is 0 Å². The lowest BCUT2D eigenvalue weighted by Gasteiger charge is -2.08. The molecular formula is C14H12Cl2N2O. The van der Waals surface area contributed by atoms with Gasteiger partial charge in [0.05, 0.1) is 10.6 Å². The monoisotopic (exact) mass is 294 g/mol. The van der Waals surface area contributed by atoms with Gasteiger partial charge in [-0.15, -0.1) is 0 Å². The highest BCUT2D eigenvalue weighted by Crippen LogP contribution is 2.20. The summed E-state index contributed by atoms with van der Waals surface area (Å²) in [5.41, 5.74) is 2.19. The van der Waals surface area contributed by atoms with E-state index in [1.165, 1.54) is 12.3 Å². The number of hydrogen-bond acceptors (Lipinski definition) is 2. The lowest BCUT2D eigenvalue weighted by atomic mass is 10.1. The Balaban J connectivity index is 2.23. The van der Waals surface area contributed by atoms with E-state index in [1.54, 1.807) is 0 Å². The van der Waals surface area contributed by atoms with Gasteiger partial charge >= 0.3 is 0 Å². The van der Waals surface area contributed by atoms with Gasteiger partial charge in [-0.25, -0.2) is 4.98 Å². The molecule has 0 saturated carbocycles. The minimum Gasteiger partial charge on any atom is -0.322 e. The van der Waals surface area contributed by atoms with Gasteiger partial charge in [-0.2, -0.15) is 0 Å². The van der Waals surface area contributed by atoms with Gasteiger partial charge < -0.3 is 5.32 Å². The quantitative estimate of drug-likeness (QED) is 0.862.